The fourth-order valence-corrected chi connectivity index (χ4v) is 3.99. The second-order valence-corrected chi connectivity index (χ2v) is 8.28. The highest BCUT2D eigenvalue weighted by molar-refractivity contribution is 9.10. The molecule has 1 saturated heterocycles. The molecule has 32 heavy (non-hydrogen) atoms. The van der Waals surface area contributed by atoms with E-state index in [1.807, 2.05) is 0 Å². The van der Waals surface area contributed by atoms with Crippen molar-refractivity contribution < 1.29 is 27.4 Å². The van der Waals surface area contributed by atoms with Crippen molar-refractivity contribution in [1.29, 1.82) is 0 Å². The highest BCUT2D eigenvalue weighted by Gasteiger charge is 2.33. The molecule has 4 rings (SSSR count). The standard InChI is InChI=1S/C20H21BrF3N5O3/c1-30-19-26-15-16(25)27-18(32-10-11-4-6-31-7-5-11)28-17(15)29(19)9-12-2-3-14(21)13(8-12)20(22,23)24/h2-3,8,11H,4-7,9-10H2,1H3,(H2,25,27,28). The Morgan fingerprint density at radius 3 is 2.66 bits per heavy atom. The molecule has 2 aromatic heterocycles. The number of hydrogen-bond acceptors (Lipinski definition) is 7. The molecule has 3 heterocycles. The number of alkyl halides is 3. The maximum absolute atomic E-state index is 13.3. The highest BCUT2D eigenvalue weighted by Crippen LogP contribution is 2.36. The van der Waals surface area contributed by atoms with E-state index in [0.29, 0.717) is 36.9 Å². The maximum atomic E-state index is 13.3. The van der Waals surface area contributed by atoms with Gasteiger partial charge in [-0.15, -0.1) is 0 Å². The molecule has 0 unspecified atom stereocenters. The van der Waals surface area contributed by atoms with Crippen LogP contribution in [0, 0.1) is 5.92 Å². The summed E-state index contributed by atoms with van der Waals surface area (Å²) in [6.45, 7) is 1.83. The van der Waals surface area contributed by atoms with Gasteiger partial charge in [-0.25, -0.2) is 0 Å². The summed E-state index contributed by atoms with van der Waals surface area (Å²) >= 11 is 2.96. The van der Waals surface area contributed by atoms with Crippen molar-refractivity contribution in [2.24, 2.45) is 5.92 Å². The minimum absolute atomic E-state index is 0.0336. The molecule has 8 nitrogen and oxygen atoms in total. The number of aromatic nitrogens is 4. The number of imidazole rings is 1. The molecule has 1 aliphatic rings. The molecule has 2 N–H and O–H groups in total. The molecule has 0 bridgehead atoms. The minimum atomic E-state index is -4.49. The van der Waals surface area contributed by atoms with Gasteiger partial charge in [-0.2, -0.15) is 28.1 Å². The van der Waals surface area contributed by atoms with Crippen LogP contribution in [-0.4, -0.2) is 46.4 Å². The van der Waals surface area contributed by atoms with Crippen LogP contribution < -0.4 is 15.2 Å². The van der Waals surface area contributed by atoms with E-state index >= 15 is 0 Å². The Hall–Kier alpha value is -2.60. The first-order valence-electron chi connectivity index (χ1n) is 9.90. The van der Waals surface area contributed by atoms with Crippen molar-refractivity contribution in [3.63, 3.8) is 0 Å². The number of ether oxygens (including phenoxy) is 3. The van der Waals surface area contributed by atoms with Crippen LogP contribution in [0.5, 0.6) is 12.0 Å². The number of nitrogens with two attached hydrogens (primary N) is 1. The van der Waals surface area contributed by atoms with E-state index in [1.165, 1.54) is 17.7 Å². The van der Waals surface area contributed by atoms with E-state index in [2.05, 4.69) is 30.9 Å². The molecule has 0 atom stereocenters. The topological polar surface area (TPSA) is 97.3 Å². The van der Waals surface area contributed by atoms with E-state index < -0.39 is 11.7 Å². The van der Waals surface area contributed by atoms with Gasteiger partial charge in [0.1, 0.15) is 0 Å². The molecule has 1 aromatic carbocycles. The smallest absolute Gasteiger partial charge is 0.417 e. The van der Waals surface area contributed by atoms with Crippen LogP contribution in [0.15, 0.2) is 22.7 Å². The van der Waals surface area contributed by atoms with Crippen LogP contribution >= 0.6 is 15.9 Å². The summed E-state index contributed by atoms with van der Waals surface area (Å²) in [4.78, 5) is 12.9. The summed E-state index contributed by atoms with van der Waals surface area (Å²) in [7, 11) is 1.41. The van der Waals surface area contributed by atoms with Crippen molar-refractivity contribution in [2.45, 2.75) is 25.6 Å². The Kier molecular flexibility index (Phi) is 6.42. The van der Waals surface area contributed by atoms with Gasteiger partial charge >= 0.3 is 12.2 Å². The van der Waals surface area contributed by atoms with Gasteiger partial charge in [0, 0.05) is 17.7 Å². The van der Waals surface area contributed by atoms with Gasteiger partial charge in [0.25, 0.3) is 6.01 Å². The van der Waals surface area contributed by atoms with E-state index in [9.17, 15) is 13.2 Å². The maximum Gasteiger partial charge on any atom is 0.417 e. The summed E-state index contributed by atoms with van der Waals surface area (Å²) in [5, 5.41) is 0. The van der Waals surface area contributed by atoms with Gasteiger partial charge in [-0.05, 0) is 36.5 Å². The second-order valence-electron chi connectivity index (χ2n) is 7.43. The number of rotatable bonds is 6. The van der Waals surface area contributed by atoms with Gasteiger partial charge < -0.3 is 19.9 Å². The van der Waals surface area contributed by atoms with Gasteiger partial charge in [0.05, 0.1) is 25.8 Å². The van der Waals surface area contributed by atoms with Crippen LogP contribution in [0.1, 0.15) is 24.0 Å². The van der Waals surface area contributed by atoms with Crippen LogP contribution in [0.4, 0.5) is 19.0 Å². The Labute approximate surface area is 190 Å². The number of fused-ring (bicyclic) bond motifs is 1. The lowest BCUT2D eigenvalue weighted by Gasteiger charge is -2.21. The zero-order valence-electron chi connectivity index (χ0n) is 17.2. The third kappa shape index (κ3) is 4.75. The largest absolute Gasteiger partial charge is 0.468 e. The molecule has 0 aliphatic carbocycles. The number of nitrogens with zero attached hydrogens (tertiary/aromatic N) is 4. The van der Waals surface area contributed by atoms with Crippen molar-refractivity contribution in [3.05, 3.63) is 33.8 Å². The van der Waals surface area contributed by atoms with Crippen molar-refractivity contribution >= 4 is 32.9 Å². The average molecular weight is 516 g/mol. The molecule has 0 saturated carbocycles. The highest BCUT2D eigenvalue weighted by atomic mass is 79.9. The quantitative estimate of drug-likeness (QED) is 0.528. The fraction of sp³-hybridized carbons (Fsp3) is 0.450. The molecular weight excluding hydrogens is 495 g/mol. The predicted octanol–water partition coefficient (Wildman–Crippen LogP) is 4.05. The molecule has 1 fully saturated rings. The van der Waals surface area contributed by atoms with Crippen LogP contribution in [0.2, 0.25) is 0 Å². The molecule has 172 valence electrons. The van der Waals surface area contributed by atoms with Gasteiger partial charge in [-0.1, -0.05) is 22.0 Å². The summed E-state index contributed by atoms with van der Waals surface area (Å²) in [5.74, 6) is 0.424. The number of anilines is 1. The molecular formula is C20H21BrF3N5O3. The SMILES string of the molecule is COc1nc2c(N)nc(OCC3CCOCC3)nc2n1Cc1ccc(Br)c(C(F)(F)F)c1. The number of hydrogen-bond donors (Lipinski definition) is 1. The number of methoxy groups -OCH3 is 1. The van der Waals surface area contributed by atoms with E-state index in [-0.39, 0.29) is 34.4 Å². The Morgan fingerprint density at radius 1 is 1.22 bits per heavy atom. The molecule has 3 aromatic rings. The third-order valence-electron chi connectivity index (χ3n) is 5.21. The number of benzene rings is 1. The van der Waals surface area contributed by atoms with Gasteiger partial charge in [0.2, 0.25) is 0 Å². The third-order valence-corrected chi connectivity index (χ3v) is 5.91. The summed E-state index contributed by atoms with van der Waals surface area (Å²) in [5.41, 5.74) is 6.28. The van der Waals surface area contributed by atoms with E-state index in [0.717, 1.165) is 18.9 Å². The molecule has 0 spiro atoms. The second kappa shape index (κ2) is 9.10. The summed E-state index contributed by atoms with van der Waals surface area (Å²) in [6, 6.07) is 4.24. The van der Waals surface area contributed by atoms with E-state index in [1.54, 1.807) is 6.07 Å². The Balaban J connectivity index is 1.66. The minimum Gasteiger partial charge on any atom is -0.468 e. The monoisotopic (exact) mass is 515 g/mol. The van der Waals surface area contributed by atoms with Crippen LogP contribution in [0.25, 0.3) is 11.2 Å². The van der Waals surface area contributed by atoms with Crippen LogP contribution in [0.3, 0.4) is 0 Å². The molecule has 12 heteroatoms. The normalized spacial score (nSPS) is 15.3. The molecule has 0 amide bonds. The fourth-order valence-electron chi connectivity index (χ4n) is 3.52. The predicted molar refractivity (Wildman–Crippen MR) is 114 cm³/mol. The van der Waals surface area contributed by atoms with E-state index in [4.69, 9.17) is 19.9 Å². The number of nitrogen functional groups attached to an aromatic ring is 1. The first-order valence-corrected chi connectivity index (χ1v) is 10.7. The van der Waals surface area contributed by atoms with Gasteiger partial charge in [0.15, 0.2) is 17.0 Å². The average Bonchev–Trinajstić information content (AvgIpc) is 3.11. The lowest BCUT2D eigenvalue weighted by molar-refractivity contribution is -0.138. The molecule has 1 aliphatic heterocycles. The number of halogens is 4. The summed E-state index contributed by atoms with van der Waals surface area (Å²) < 4.78 is 57.9. The first-order chi connectivity index (χ1) is 15.3. The lowest BCUT2D eigenvalue weighted by atomic mass is 10.0. The lowest BCUT2D eigenvalue weighted by Crippen LogP contribution is -2.22. The van der Waals surface area contributed by atoms with Crippen molar-refractivity contribution in [1.82, 2.24) is 19.5 Å². The zero-order valence-corrected chi connectivity index (χ0v) is 18.7. The zero-order chi connectivity index (χ0) is 22.9. The Morgan fingerprint density at radius 2 is 1.97 bits per heavy atom. The molecule has 0 radical (unpaired) electrons. The van der Waals surface area contributed by atoms with Crippen LogP contribution in [-0.2, 0) is 17.5 Å². The summed E-state index contributed by atoms with van der Waals surface area (Å²) in [6.07, 6.45) is -2.73. The van der Waals surface area contributed by atoms with Crippen molar-refractivity contribution in [3.8, 4) is 12.0 Å². The van der Waals surface area contributed by atoms with Gasteiger partial charge in [-0.3, -0.25) is 4.57 Å². The Bertz CT molecular complexity index is 1120. The first kappa shape index (κ1) is 22.6. The van der Waals surface area contributed by atoms with Crippen molar-refractivity contribution in [2.75, 3.05) is 32.7 Å².